The van der Waals surface area contributed by atoms with Gasteiger partial charge >= 0.3 is 59.5 Å². The molecule has 0 amide bonds. The molecule has 158 valence electrons. The molecule has 0 spiro atoms. The van der Waals surface area contributed by atoms with Crippen molar-refractivity contribution in [3.05, 3.63) is 83.0 Å². The zero-order valence-corrected chi connectivity index (χ0v) is 22.2. The average Bonchev–Trinajstić information content (AvgIpc) is 3.22. The van der Waals surface area contributed by atoms with Crippen LogP contribution in [0.2, 0.25) is 0 Å². The van der Waals surface area contributed by atoms with E-state index in [1.807, 2.05) is 6.07 Å². The van der Waals surface area contributed by atoms with Gasteiger partial charge in [0.1, 0.15) is 0 Å². The number of hydrogen-bond donors (Lipinski definition) is 0. The Hall–Kier alpha value is -0.747. The molecule has 2 aromatic carbocycles. The standard InChI is InChI=1S/C13H9.C8H11.C6H10.2ClH.Zr/c1-3-7-12-10(5-1)9-11-6-2-4-8-13(11)12;1-6-4-7(2)8(3)5-6;1-2-4-6-5-3-1;;;/h1-5,7-8H,9H2;4,6H,1-3H3;1-5H2;2*1H;/q2*-1;;;;+2/p-2. The van der Waals surface area contributed by atoms with Crippen molar-refractivity contribution in [1.82, 2.24) is 0 Å². The van der Waals surface area contributed by atoms with Crippen molar-refractivity contribution < 1.29 is 49.0 Å². The normalized spacial score (nSPS) is 18.0. The first kappa shape index (κ1) is 27.3. The summed E-state index contributed by atoms with van der Waals surface area (Å²) < 4.78 is 1.80. The summed E-state index contributed by atoms with van der Waals surface area (Å²) >= 11 is 1.69. The molecule has 0 aliphatic heterocycles. The van der Waals surface area contributed by atoms with Gasteiger partial charge in [0.05, 0.1) is 0 Å². The van der Waals surface area contributed by atoms with E-state index in [0.29, 0.717) is 5.92 Å². The molecule has 1 atom stereocenters. The summed E-state index contributed by atoms with van der Waals surface area (Å²) in [7, 11) is 0. The molecule has 0 aromatic heterocycles. The van der Waals surface area contributed by atoms with E-state index in [1.165, 1.54) is 65.5 Å². The predicted molar refractivity (Wildman–Crippen MR) is 117 cm³/mol. The molecular formula is C27H30Cl2Zr-2. The Balaban J connectivity index is 0.000000233. The molecule has 2 aromatic rings. The first-order chi connectivity index (χ1) is 13.5. The fourth-order valence-corrected chi connectivity index (χ4v) is 4.84. The molecule has 0 heterocycles. The van der Waals surface area contributed by atoms with Crippen molar-refractivity contribution in [2.24, 2.45) is 5.92 Å². The third-order valence-corrected chi connectivity index (χ3v) is 6.84. The van der Waals surface area contributed by atoms with Crippen molar-refractivity contribution in [2.45, 2.75) is 59.3 Å². The Morgan fingerprint density at radius 3 is 2.10 bits per heavy atom. The molecule has 3 aliphatic carbocycles. The third kappa shape index (κ3) is 7.74. The minimum absolute atomic E-state index is 0. The second kappa shape index (κ2) is 13.6. The molecule has 0 radical (unpaired) electrons. The van der Waals surface area contributed by atoms with Gasteiger partial charge in [-0.15, -0.1) is 12.5 Å². The van der Waals surface area contributed by atoms with Crippen LogP contribution in [-0.4, -0.2) is 3.21 Å². The Labute approximate surface area is 210 Å². The molecule has 30 heavy (non-hydrogen) atoms. The zero-order valence-electron chi connectivity index (χ0n) is 18.2. The summed E-state index contributed by atoms with van der Waals surface area (Å²) in [5.41, 5.74) is 8.21. The quantitative estimate of drug-likeness (QED) is 0.393. The summed E-state index contributed by atoms with van der Waals surface area (Å²) in [6.45, 7) is 6.39. The van der Waals surface area contributed by atoms with Gasteiger partial charge in [-0.2, -0.15) is 35.9 Å². The van der Waals surface area contributed by atoms with Crippen LogP contribution in [0.5, 0.6) is 0 Å². The topological polar surface area (TPSA) is 0 Å². The fourth-order valence-electron chi connectivity index (χ4n) is 3.97. The van der Waals surface area contributed by atoms with Crippen LogP contribution in [0.1, 0.15) is 64.0 Å². The third-order valence-electron chi connectivity index (χ3n) is 5.61. The maximum absolute atomic E-state index is 3.30. The van der Waals surface area contributed by atoms with Crippen LogP contribution in [0.4, 0.5) is 0 Å². The van der Waals surface area contributed by atoms with Crippen LogP contribution >= 0.6 is 0 Å². The monoisotopic (exact) mass is 514 g/mol. The molecule has 3 heteroatoms. The summed E-state index contributed by atoms with van der Waals surface area (Å²) in [5, 5.41) is 0. The Bertz CT molecular complexity index is 826. The minimum atomic E-state index is 0. The minimum Gasteiger partial charge on any atom is -0.179 e. The molecule has 1 unspecified atom stereocenters. The number of allylic oxidation sites excluding steroid dienone is 4. The van der Waals surface area contributed by atoms with Gasteiger partial charge in [-0.05, 0) is 6.42 Å². The van der Waals surface area contributed by atoms with Crippen molar-refractivity contribution >= 4 is 3.21 Å². The van der Waals surface area contributed by atoms with Crippen LogP contribution in [0.3, 0.4) is 0 Å². The van der Waals surface area contributed by atoms with Gasteiger partial charge in [0.15, 0.2) is 0 Å². The Morgan fingerprint density at radius 2 is 1.57 bits per heavy atom. The number of hydrogen-bond acceptors (Lipinski definition) is 0. The predicted octanol–water partition coefficient (Wildman–Crippen LogP) is 1.07. The van der Waals surface area contributed by atoms with Crippen LogP contribution in [0, 0.1) is 18.1 Å². The van der Waals surface area contributed by atoms with E-state index < -0.39 is 0 Å². The summed E-state index contributed by atoms with van der Waals surface area (Å²) in [6, 6.07) is 18.1. The van der Waals surface area contributed by atoms with E-state index in [2.05, 4.69) is 75.4 Å². The summed E-state index contributed by atoms with van der Waals surface area (Å²) in [6.07, 6.45) is 13.9. The van der Waals surface area contributed by atoms with E-state index in [0.717, 1.165) is 6.42 Å². The Morgan fingerprint density at radius 1 is 0.900 bits per heavy atom. The summed E-state index contributed by atoms with van der Waals surface area (Å²) in [5.74, 6) is 0.551. The van der Waals surface area contributed by atoms with Gasteiger partial charge in [-0.3, -0.25) is 6.08 Å². The van der Waals surface area contributed by atoms with Crippen LogP contribution in [0.15, 0.2) is 59.7 Å². The second-order valence-corrected chi connectivity index (χ2v) is 9.71. The first-order valence-corrected chi connectivity index (χ1v) is 11.7. The van der Waals surface area contributed by atoms with Gasteiger partial charge in [-0.1, -0.05) is 55.2 Å². The number of halogens is 2. The smallest absolute Gasteiger partial charge is 0.0253 e. The van der Waals surface area contributed by atoms with Crippen molar-refractivity contribution in [1.29, 1.82) is 0 Å². The van der Waals surface area contributed by atoms with E-state index in [4.69, 9.17) is 0 Å². The van der Waals surface area contributed by atoms with Crippen LogP contribution in [-0.2, 0) is 30.7 Å². The average molecular weight is 517 g/mol. The van der Waals surface area contributed by atoms with Gasteiger partial charge in [0.25, 0.3) is 0 Å². The van der Waals surface area contributed by atoms with E-state index in [1.54, 1.807) is 27.4 Å². The SMILES string of the molecule is CC1=[C-]C(C)C=C1C.[Cl-].[Cl-].[Zr+2]=[C]1CCCCC1.[c-]1cccc2c1Cc1ccccc1-2. The molecule has 0 saturated heterocycles. The molecular weight excluding hydrogens is 486 g/mol. The molecule has 1 saturated carbocycles. The molecule has 5 rings (SSSR count). The molecule has 0 bridgehead atoms. The van der Waals surface area contributed by atoms with E-state index >= 15 is 0 Å². The fraction of sp³-hybridized carbons (Fsp3) is 0.370. The largest absolute Gasteiger partial charge is 0.179 e. The van der Waals surface area contributed by atoms with Crippen molar-refractivity contribution in [3.8, 4) is 11.1 Å². The van der Waals surface area contributed by atoms with E-state index in [9.17, 15) is 0 Å². The molecule has 0 nitrogen and oxygen atoms in total. The zero-order chi connectivity index (χ0) is 19.9. The van der Waals surface area contributed by atoms with Gasteiger partial charge in [0, 0.05) is 0 Å². The van der Waals surface area contributed by atoms with Gasteiger partial charge in [-0.25, -0.2) is 11.1 Å². The van der Waals surface area contributed by atoms with E-state index in [-0.39, 0.29) is 24.8 Å². The number of benzene rings is 2. The maximum Gasteiger partial charge on any atom is -0.0253 e. The van der Waals surface area contributed by atoms with Crippen LogP contribution in [0.25, 0.3) is 11.1 Å². The first-order valence-electron chi connectivity index (χ1n) is 10.5. The number of fused-ring (bicyclic) bond motifs is 3. The Kier molecular flexibility index (Phi) is 12.4. The van der Waals surface area contributed by atoms with Crippen molar-refractivity contribution in [3.63, 3.8) is 0 Å². The van der Waals surface area contributed by atoms with Crippen molar-refractivity contribution in [2.75, 3.05) is 0 Å². The molecule has 0 N–H and O–H groups in total. The van der Waals surface area contributed by atoms with Gasteiger partial charge in [0.2, 0.25) is 0 Å². The second-order valence-electron chi connectivity index (χ2n) is 7.97. The molecule has 1 fully saturated rings. The summed E-state index contributed by atoms with van der Waals surface area (Å²) in [4.78, 5) is 0. The number of rotatable bonds is 0. The van der Waals surface area contributed by atoms with Gasteiger partial charge < -0.3 is 24.8 Å². The van der Waals surface area contributed by atoms with Crippen LogP contribution < -0.4 is 24.8 Å². The molecule has 3 aliphatic rings. The maximum atomic E-state index is 3.30.